The van der Waals surface area contributed by atoms with Crippen molar-refractivity contribution in [2.75, 3.05) is 0 Å². The first-order chi connectivity index (χ1) is 10.8. The van der Waals surface area contributed by atoms with Crippen LogP contribution in [0.4, 0.5) is 0 Å². The minimum Gasteiger partial charge on any atom is -0.186 e. The fraction of sp³-hybridized carbons (Fsp3) is 0.0667. The Kier molecular flexibility index (Phi) is 17.8. The van der Waals surface area contributed by atoms with E-state index in [9.17, 15) is 0 Å². The first-order valence-corrected chi connectivity index (χ1v) is 9.38. The van der Waals surface area contributed by atoms with Gasteiger partial charge in [-0.05, 0) is 100 Å². The summed E-state index contributed by atoms with van der Waals surface area (Å²) in [4.78, 5) is 32.5. The second-order valence-electron chi connectivity index (χ2n) is 3.50. The van der Waals surface area contributed by atoms with Crippen LogP contribution in [-0.2, 0) is 19.2 Å². The fourth-order valence-electron chi connectivity index (χ4n) is 1.04. The molecule has 0 aromatic heterocycles. The van der Waals surface area contributed by atoms with E-state index in [4.69, 9.17) is 19.2 Å². The molecule has 0 atom stereocenters. The normalized spacial score (nSPS) is 7.70. The van der Waals surface area contributed by atoms with Gasteiger partial charge in [-0.25, -0.2) is 0 Å². The summed E-state index contributed by atoms with van der Waals surface area (Å²) in [5.41, 5.74) is 1.29. The van der Waals surface area contributed by atoms with Crippen molar-refractivity contribution in [3.8, 4) is 0 Å². The lowest BCUT2D eigenvalue weighted by Gasteiger charge is -1.95. The number of hydrogen-bond acceptors (Lipinski definition) is 4. The second-order valence-corrected chi connectivity index (χ2v) is 7.76. The van der Waals surface area contributed by atoms with E-state index in [0.717, 1.165) is 4.47 Å². The lowest BCUT2D eigenvalue weighted by atomic mass is 10.2. The quantitative estimate of drug-likeness (QED) is 0.361. The summed E-state index contributed by atoms with van der Waals surface area (Å²) in [7, 11) is 0. The number of halogens is 4. The molecular formula is C15H10Br2I2O4. The second kappa shape index (κ2) is 16.5. The number of aryl methyl sites for hydroxylation is 1. The third-order valence-electron chi connectivity index (χ3n) is 1.92. The standard InChI is InChI=1S/C7H6BrI.C6H4BrI.2CO2/c1-5-4-6(9)2-3-7(5)8;7-5-1-3-6(8)4-2-5;2*2-1-3/h2-4H,1H3;1-4H;;. The van der Waals surface area contributed by atoms with Crippen molar-refractivity contribution in [3.05, 3.63) is 64.1 Å². The van der Waals surface area contributed by atoms with Gasteiger partial charge in [0.1, 0.15) is 0 Å². The smallest absolute Gasteiger partial charge is 0.186 e. The van der Waals surface area contributed by atoms with Crippen LogP contribution >= 0.6 is 77.0 Å². The number of rotatable bonds is 0. The maximum Gasteiger partial charge on any atom is 0.373 e. The molecular weight excluding hydrogens is 658 g/mol. The van der Waals surface area contributed by atoms with Gasteiger partial charge >= 0.3 is 12.3 Å². The van der Waals surface area contributed by atoms with Crippen molar-refractivity contribution in [2.45, 2.75) is 6.92 Å². The Hall–Kier alpha value is -0.380. The van der Waals surface area contributed by atoms with E-state index in [1.165, 1.54) is 17.2 Å². The molecule has 0 saturated heterocycles. The van der Waals surface area contributed by atoms with Crippen molar-refractivity contribution in [3.63, 3.8) is 0 Å². The van der Waals surface area contributed by atoms with Crippen LogP contribution in [-0.4, -0.2) is 12.3 Å². The third-order valence-corrected chi connectivity index (χ3v) is 4.73. The van der Waals surface area contributed by atoms with Crippen LogP contribution in [0.15, 0.2) is 51.4 Å². The van der Waals surface area contributed by atoms with Crippen molar-refractivity contribution < 1.29 is 19.2 Å². The van der Waals surface area contributed by atoms with E-state index in [1.807, 2.05) is 12.1 Å². The van der Waals surface area contributed by atoms with Crippen LogP contribution in [0, 0.1) is 14.1 Å². The highest BCUT2D eigenvalue weighted by atomic mass is 127. The summed E-state index contributed by atoms with van der Waals surface area (Å²) < 4.78 is 4.87. The summed E-state index contributed by atoms with van der Waals surface area (Å²) in [5, 5.41) is 0. The van der Waals surface area contributed by atoms with Crippen molar-refractivity contribution in [1.82, 2.24) is 0 Å². The Balaban J connectivity index is 0. The van der Waals surface area contributed by atoms with E-state index >= 15 is 0 Å². The molecule has 0 heterocycles. The molecule has 2 aromatic rings. The molecule has 0 radical (unpaired) electrons. The molecule has 0 spiro atoms. The SMILES string of the molecule is Brc1ccc(I)cc1.Cc1cc(I)ccc1Br.O=C=O.O=C=O. The highest BCUT2D eigenvalue weighted by molar-refractivity contribution is 14.1. The maximum absolute atomic E-state index is 8.12. The van der Waals surface area contributed by atoms with Gasteiger partial charge in [-0.2, -0.15) is 19.2 Å². The summed E-state index contributed by atoms with van der Waals surface area (Å²) in [6.45, 7) is 2.09. The number of hydrogen-bond donors (Lipinski definition) is 0. The maximum atomic E-state index is 8.12. The predicted molar refractivity (Wildman–Crippen MR) is 108 cm³/mol. The van der Waals surface area contributed by atoms with Crippen molar-refractivity contribution in [1.29, 1.82) is 0 Å². The number of carbonyl (C=O) groups excluding carboxylic acids is 4. The van der Waals surface area contributed by atoms with Gasteiger partial charge in [-0.1, -0.05) is 31.9 Å². The zero-order valence-electron chi connectivity index (χ0n) is 11.7. The predicted octanol–water partition coefficient (Wildman–Crippen LogP) is 5.25. The molecule has 0 fully saturated rings. The Morgan fingerprint density at radius 1 is 0.783 bits per heavy atom. The zero-order chi connectivity index (χ0) is 18.3. The summed E-state index contributed by atoms with van der Waals surface area (Å²) in [6, 6.07) is 14.5. The third kappa shape index (κ3) is 16.3. The van der Waals surface area contributed by atoms with Gasteiger partial charge in [0.05, 0.1) is 0 Å². The number of benzene rings is 2. The van der Waals surface area contributed by atoms with E-state index < -0.39 is 0 Å². The van der Waals surface area contributed by atoms with Crippen LogP contribution in [0.25, 0.3) is 0 Å². The molecule has 2 rings (SSSR count). The van der Waals surface area contributed by atoms with Gasteiger partial charge in [0.15, 0.2) is 0 Å². The molecule has 2 aromatic carbocycles. The van der Waals surface area contributed by atoms with E-state index in [1.54, 1.807) is 0 Å². The molecule has 0 unspecified atom stereocenters. The molecule has 0 amide bonds. The molecule has 0 aliphatic carbocycles. The highest BCUT2D eigenvalue weighted by Gasteiger charge is 1.91. The van der Waals surface area contributed by atoms with Crippen LogP contribution in [0.5, 0.6) is 0 Å². The molecule has 0 bridgehead atoms. The molecule has 0 aliphatic heterocycles. The summed E-state index contributed by atoms with van der Waals surface area (Å²) >= 11 is 11.3. The van der Waals surface area contributed by atoms with Gasteiger partial charge < -0.3 is 0 Å². The van der Waals surface area contributed by atoms with Gasteiger partial charge in [-0.15, -0.1) is 0 Å². The van der Waals surface area contributed by atoms with Gasteiger partial charge in [0.25, 0.3) is 0 Å². The van der Waals surface area contributed by atoms with Crippen LogP contribution in [0.3, 0.4) is 0 Å². The first kappa shape index (κ1) is 24.9. The lowest BCUT2D eigenvalue weighted by molar-refractivity contribution is -0.193. The lowest BCUT2D eigenvalue weighted by Crippen LogP contribution is -1.75. The largest absolute Gasteiger partial charge is 0.373 e. The average Bonchev–Trinajstić information content (AvgIpc) is 2.49. The Labute approximate surface area is 178 Å². The fourth-order valence-corrected chi connectivity index (χ4v) is 2.56. The van der Waals surface area contributed by atoms with Crippen LogP contribution < -0.4 is 0 Å². The monoisotopic (exact) mass is 666 g/mol. The summed E-state index contributed by atoms with van der Waals surface area (Å²) in [5.74, 6) is 0. The van der Waals surface area contributed by atoms with Crippen LogP contribution in [0.1, 0.15) is 5.56 Å². The van der Waals surface area contributed by atoms with Gasteiger partial charge in [-0.3, -0.25) is 0 Å². The highest BCUT2D eigenvalue weighted by Crippen LogP contribution is 2.17. The van der Waals surface area contributed by atoms with Crippen molar-refractivity contribution >= 4 is 89.3 Å². The topological polar surface area (TPSA) is 68.3 Å². The molecule has 0 aliphatic rings. The molecule has 23 heavy (non-hydrogen) atoms. The molecule has 122 valence electrons. The van der Waals surface area contributed by atoms with Gasteiger partial charge in [0, 0.05) is 16.1 Å². The molecule has 0 N–H and O–H groups in total. The van der Waals surface area contributed by atoms with E-state index in [-0.39, 0.29) is 12.3 Å². The molecule has 8 heteroatoms. The van der Waals surface area contributed by atoms with Gasteiger partial charge in [0.2, 0.25) is 0 Å². The Morgan fingerprint density at radius 3 is 1.48 bits per heavy atom. The molecule has 4 nitrogen and oxygen atoms in total. The van der Waals surface area contributed by atoms with E-state index in [2.05, 4.69) is 114 Å². The first-order valence-electron chi connectivity index (χ1n) is 5.63. The zero-order valence-corrected chi connectivity index (χ0v) is 19.2. The Bertz CT molecular complexity index is 616. The van der Waals surface area contributed by atoms with Crippen LogP contribution in [0.2, 0.25) is 0 Å². The summed E-state index contributed by atoms with van der Waals surface area (Å²) in [6.07, 6.45) is 0.500. The van der Waals surface area contributed by atoms with E-state index in [0.29, 0.717) is 0 Å². The minimum absolute atomic E-state index is 0.250. The van der Waals surface area contributed by atoms with Crippen molar-refractivity contribution in [2.24, 2.45) is 0 Å². The average molecular weight is 668 g/mol. The Morgan fingerprint density at radius 2 is 1.17 bits per heavy atom. The minimum atomic E-state index is 0.250. The molecule has 0 saturated carbocycles.